The first kappa shape index (κ1) is 11.4. The zero-order valence-electron chi connectivity index (χ0n) is 9.95. The number of phenols is 1. The maximum atomic E-state index is 11.9. The summed E-state index contributed by atoms with van der Waals surface area (Å²) in [6.07, 6.45) is 7.20. The minimum Gasteiger partial charge on any atom is -0.506 e. The average molecular weight is 253 g/mol. The first-order valence-corrected chi connectivity index (χ1v) is 5.85. The summed E-state index contributed by atoms with van der Waals surface area (Å²) < 4.78 is 0. The normalized spacial score (nSPS) is 22.9. The summed E-state index contributed by atoms with van der Waals surface area (Å²) in [4.78, 5) is 20.3. The van der Waals surface area contributed by atoms with Gasteiger partial charge in [0.2, 0.25) is 11.9 Å². The Balaban J connectivity index is 1.99. The third kappa shape index (κ3) is 2.18. The highest BCUT2D eigenvalue weighted by Crippen LogP contribution is 2.25. The number of guanidine groups is 1. The number of para-hydroxylation sites is 2. The summed E-state index contributed by atoms with van der Waals surface area (Å²) >= 11 is 0. The maximum absolute atomic E-state index is 11.9. The number of amides is 1. The molecule has 5 nitrogen and oxygen atoms in total. The molecule has 1 amide bonds. The molecule has 0 spiro atoms. The van der Waals surface area contributed by atoms with Crippen molar-refractivity contribution >= 4 is 23.3 Å². The number of hydrogen-bond donors (Lipinski definition) is 2. The van der Waals surface area contributed by atoms with Crippen molar-refractivity contribution in [2.24, 2.45) is 15.9 Å². The Morgan fingerprint density at radius 3 is 2.95 bits per heavy atom. The van der Waals surface area contributed by atoms with Crippen LogP contribution in [0.15, 0.2) is 58.6 Å². The lowest BCUT2D eigenvalue weighted by Crippen LogP contribution is -2.42. The SMILES string of the molecule is O=C1NC(=Nc2ccccc2O)N=C2C=CC=CC12. The fourth-order valence-electron chi connectivity index (χ4n) is 1.92. The van der Waals surface area contributed by atoms with Gasteiger partial charge in [0, 0.05) is 0 Å². The second-order valence-corrected chi connectivity index (χ2v) is 4.17. The van der Waals surface area contributed by atoms with Crippen molar-refractivity contribution in [3.05, 3.63) is 48.6 Å². The molecule has 1 aliphatic heterocycles. The molecule has 94 valence electrons. The van der Waals surface area contributed by atoms with Gasteiger partial charge in [-0.1, -0.05) is 30.4 Å². The molecular weight excluding hydrogens is 242 g/mol. The highest BCUT2D eigenvalue weighted by Gasteiger charge is 2.27. The Bertz CT molecular complexity index is 656. The van der Waals surface area contributed by atoms with Gasteiger partial charge >= 0.3 is 0 Å². The van der Waals surface area contributed by atoms with E-state index in [-0.39, 0.29) is 23.5 Å². The molecule has 0 fully saturated rings. The second-order valence-electron chi connectivity index (χ2n) is 4.17. The monoisotopic (exact) mass is 253 g/mol. The van der Waals surface area contributed by atoms with E-state index in [4.69, 9.17) is 0 Å². The van der Waals surface area contributed by atoms with Gasteiger partial charge in [-0.05, 0) is 18.2 Å². The summed E-state index contributed by atoms with van der Waals surface area (Å²) in [6, 6.07) is 6.64. The van der Waals surface area contributed by atoms with E-state index in [0.29, 0.717) is 11.4 Å². The number of rotatable bonds is 1. The van der Waals surface area contributed by atoms with E-state index >= 15 is 0 Å². The van der Waals surface area contributed by atoms with Gasteiger partial charge in [-0.2, -0.15) is 0 Å². The molecule has 1 aromatic carbocycles. The topological polar surface area (TPSA) is 74.0 Å². The van der Waals surface area contributed by atoms with E-state index in [1.807, 2.05) is 12.2 Å². The van der Waals surface area contributed by atoms with Crippen LogP contribution in [0.1, 0.15) is 0 Å². The molecule has 1 aliphatic carbocycles. The van der Waals surface area contributed by atoms with Crippen molar-refractivity contribution < 1.29 is 9.90 Å². The quantitative estimate of drug-likeness (QED) is 0.799. The van der Waals surface area contributed by atoms with Gasteiger partial charge in [0.1, 0.15) is 11.4 Å². The van der Waals surface area contributed by atoms with Crippen molar-refractivity contribution in [1.82, 2.24) is 5.32 Å². The van der Waals surface area contributed by atoms with E-state index in [1.165, 1.54) is 6.07 Å². The number of allylic oxidation sites excluding steroid dienone is 3. The molecule has 0 radical (unpaired) electrons. The summed E-state index contributed by atoms with van der Waals surface area (Å²) in [5.41, 5.74) is 1.02. The second kappa shape index (κ2) is 4.53. The zero-order chi connectivity index (χ0) is 13.2. The van der Waals surface area contributed by atoms with Crippen molar-refractivity contribution in [1.29, 1.82) is 0 Å². The van der Waals surface area contributed by atoms with E-state index in [0.717, 1.165) is 0 Å². The molecule has 0 bridgehead atoms. The predicted octanol–water partition coefficient (Wildman–Crippen LogP) is 1.69. The number of aliphatic imine (C=N–C) groups is 2. The molecule has 1 unspecified atom stereocenters. The number of fused-ring (bicyclic) bond motifs is 1. The Morgan fingerprint density at radius 1 is 1.26 bits per heavy atom. The largest absolute Gasteiger partial charge is 0.506 e. The number of carbonyl (C=O) groups is 1. The molecular formula is C14H11N3O2. The standard InChI is InChI=1S/C14H11N3O2/c18-12-8-4-3-7-11(12)16-14-15-10-6-2-1-5-9(10)13(19)17-14/h1-9,18H,(H,16,17,19). The van der Waals surface area contributed by atoms with Crippen LogP contribution in [0, 0.1) is 5.92 Å². The van der Waals surface area contributed by atoms with Crippen molar-refractivity contribution in [3.63, 3.8) is 0 Å². The number of phenolic OH excluding ortho intramolecular Hbond substituents is 1. The number of benzene rings is 1. The summed E-state index contributed by atoms with van der Waals surface area (Å²) in [5.74, 6) is -0.281. The number of carbonyl (C=O) groups excluding carboxylic acids is 1. The van der Waals surface area contributed by atoms with Crippen LogP contribution in [0.2, 0.25) is 0 Å². The molecule has 0 saturated carbocycles. The van der Waals surface area contributed by atoms with Gasteiger partial charge < -0.3 is 5.11 Å². The molecule has 2 N–H and O–H groups in total. The highest BCUT2D eigenvalue weighted by atomic mass is 16.3. The van der Waals surface area contributed by atoms with Crippen LogP contribution in [0.3, 0.4) is 0 Å². The lowest BCUT2D eigenvalue weighted by atomic mass is 9.96. The smallest absolute Gasteiger partial charge is 0.239 e. The summed E-state index contributed by atoms with van der Waals surface area (Å²) in [6.45, 7) is 0. The summed E-state index contributed by atoms with van der Waals surface area (Å²) in [7, 11) is 0. The molecule has 2 aliphatic rings. The fourth-order valence-corrected chi connectivity index (χ4v) is 1.92. The molecule has 19 heavy (non-hydrogen) atoms. The fraction of sp³-hybridized carbons (Fsp3) is 0.0714. The Hall–Kier alpha value is -2.69. The van der Waals surface area contributed by atoms with Crippen molar-refractivity contribution in [2.45, 2.75) is 0 Å². The predicted molar refractivity (Wildman–Crippen MR) is 72.5 cm³/mol. The first-order chi connectivity index (χ1) is 9.24. The molecule has 5 heteroatoms. The number of hydrogen-bond acceptors (Lipinski definition) is 3. The molecule has 0 aromatic heterocycles. The molecule has 0 saturated heterocycles. The van der Waals surface area contributed by atoms with Crippen LogP contribution in [0.4, 0.5) is 5.69 Å². The zero-order valence-corrected chi connectivity index (χ0v) is 9.95. The third-order valence-corrected chi connectivity index (χ3v) is 2.86. The van der Waals surface area contributed by atoms with E-state index in [1.54, 1.807) is 30.4 Å². The van der Waals surface area contributed by atoms with E-state index in [9.17, 15) is 9.90 Å². The molecule has 3 rings (SSSR count). The van der Waals surface area contributed by atoms with E-state index in [2.05, 4.69) is 15.3 Å². The molecule has 1 atom stereocenters. The van der Waals surface area contributed by atoms with Crippen LogP contribution >= 0.6 is 0 Å². The van der Waals surface area contributed by atoms with Crippen LogP contribution in [-0.2, 0) is 4.79 Å². The number of aromatic hydroxyl groups is 1. The lowest BCUT2D eigenvalue weighted by molar-refractivity contribution is -0.120. The minimum atomic E-state index is -0.353. The Kier molecular flexibility index (Phi) is 2.72. The van der Waals surface area contributed by atoms with Gasteiger partial charge in [-0.15, -0.1) is 0 Å². The molecule has 1 aromatic rings. The Morgan fingerprint density at radius 2 is 2.11 bits per heavy atom. The van der Waals surface area contributed by atoms with Crippen LogP contribution in [0.25, 0.3) is 0 Å². The highest BCUT2D eigenvalue weighted by molar-refractivity contribution is 6.22. The van der Waals surface area contributed by atoms with E-state index < -0.39 is 0 Å². The number of nitrogens with zero attached hydrogens (tertiary/aromatic N) is 2. The minimum absolute atomic E-state index is 0.0469. The first-order valence-electron chi connectivity index (χ1n) is 5.85. The van der Waals surface area contributed by atoms with Crippen LogP contribution in [-0.4, -0.2) is 22.7 Å². The van der Waals surface area contributed by atoms with Crippen LogP contribution < -0.4 is 5.32 Å². The van der Waals surface area contributed by atoms with Gasteiger partial charge in [-0.25, -0.2) is 9.98 Å². The van der Waals surface area contributed by atoms with Crippen molar-refractivity contribution in [3.8, 4) is 5.75 Å². The van der Waals surface area contributed by atoms with Crippen LogP contribution in [0.5, 0.6) is 5.75 Å². The maximum Gasteiger partial charge on any atom is 0.239 e. The third-order valence-electron chi connectivity index (χ3n) is 2.86. The molecule has 1 heterocycles. The van der Waals surface area contributed by atoms with Gasteiger partial charge in [0.25, 0.3) is 0 Å². The lowest BCUT2D eigenvalue weighted by Gasteiger charge is -2.20. The summed E-state index contributed by atoms with van der Waals surface area (Å²) in [5, 5.41) is 12.3. The van der Waals surface area contributed by atoms with Gasteiger partial charge in [0.05, 0.1) is 11.6 Å². The van der Waals surface area contributed by atoms with Gasteiger partial charge in [0.15, 0.2) is 0 Å². The number of nitrogens with one attached hydrogen (secondary N) is 1. The van der Waals surface area contributed by atoms with Crippen molar-refractivity contribution in [2.75, 3.05) is 0 Å². The Labute approximate surface area is 109 Å². The average Bonchev–Trinajstić information content (AvgIpc) is 2.42. The van der Waals surface area contributed by atoms with Gasteiger partial charge in [-0.3, -0.25) is 10.1 Å².